The number of hydrogen-bond donors (Lipinski definition) is 0. The Morgan fingerprint density at radius 1 is 0.462 bits per heavy atom. The second kappa shape index (κ2) is 19.1. The minimum absolute atomic E-state index is 0. The summed E-state index contributed by atoms with van der Waals surface area (Å²) >= 11 is 0. The van der Waals surface area contributed by atoms with Crippen LogP contribution in [0.1, 0.15) is 0 Å². The predicted octanol–water partition coefficient (Wildman–Crippen LogP) is -0.899. The van der Waals surface area contributed by atoms with Gasteiger partial charge in [0.25, 0.3) is 0 Å². The van der Waals surface area contributed by atoms with Crippen LogP contribution in [0.2, 0.25) is 0 Å². The first-order chi connectivity index (χ1) is 8.95. The van der Waals surface area contributed by atoms with Crippen molar-refractivity contribution in [2.75, 3.05) is 0 Å². The fourth-order valence-electron chi connectivity index (χ4n) is 1.84. The Hall–Kier alpha value is -2.21. The highest BCUT2D eigenvalue weighted by atomic mass is 35.5. The molecule has 3 aromatic heterocycles. The maximum absolute atomic E-state index is 4.42. The minimum Gasteiger partial charge on any atom is -0.412 e. The summed E-state index contributed by atoms with van der Waals surface area (Å²) in [6, 6.07) is 15.6. The highest BCUT2D eigenvalue weighted by Gasteiger charge is 2.09. The Labute approximate surface area is 162 Å². The summed E-state index contributed by atoms with van der Waals surface area (Å²) in [5.41, 5.74) is 3.62. The van der Waals surface area contributed by atoms with Crippen molar-refractivity contribution in [2.24, 2.45) is 0 Å². The Morgan fingerprint density at radius 2 is 0.923 bits per heavy atom. The van der Waals surface area contributed by atoms with Gasteiger partial charge in [-0.15, -0.1) is 24.8 Å². The first-order valence-electron chi connectivity index (χ1n) is 5.73. The van der Waals surface area contributed by atoms with Crippen LogP contribution >= 0.6 is 24.8 Å². The van der Waals surface area contributed by atoms with Crippen LogP contribution in [0.4, 0.5) is 0 Å². The quantitative estimate of drug-likeness (QED) is 0.519. The molecule has 11 heteroatoms. The fourth-order valence-corrected chi connectivity index (χ4v) is 1.84. The van der Waals surface area contributed by atoms with E-state index in [0.29, 0.717) is 0 Å². The van der Waals surface area contributed by atoms with E-state index in [1.807, 2.05) is 48.5 Å². The van der Waals surface area contributed by atoms with E-state index in [1.165, 1.54) is 0 Å². The lowest BCUT2D eigenvalue weighted by Gasteiger charge is -2.06. The van der Waals surface area contributed by atoms with Gasteiger partial charge in [-0.2, -0.15) is 0 Å². The molecule has 0 spiro atoms. The van der Waals surface area contributed by atoms with E-state index in [0.717, 1.165) is 22.6 Å². The number of rotatable bonds is 2. The molecule has 9 nitrogen and oxygen atoms in total. The number of pyridine rings is 3. The molecule has 0 saturated carbocycles. The van der Waals surface area contributed by atoms with E-state index in [2.05, 4.69) is 15.0 Å². The van der Waals surface area contributed by atoms with Gasteiger partial charge in [0.15, 0.2) is 0 Å². The average Bonchev–Trinajstić information content (AvgIpc) is 2.49. The van der Waals surface area contributed by atoms with Crippen molar-refractivity contribution in [2.45, 2.75) is 0 Å². The van der Waals surface area contributed by atoms with E-state index in [-0.39, 0.29) is 57.7 Å². The maximum Gasteiger partial charge on any atom is 0.0980 e. The van der Waals surface area contributed by atoms with Crippen molar-refractivity contribution in [3.8, 4) is 22.6 Å². The van der Waals surface area contributed by atoms with Gasteiger partial charge < -0.3 is 32.9 Å². The molecule has 0 fully saturated rings. The molecule has 0 aromatic carbocycles. The first kappa shape index (κ1) is 39.0. The average molecular weight is 414 g/mol. The third-order valence-corrected chi connectivity index (χ3v) is 2.66. The SMILES string of the molecule is Cl.Cl.O.O.O.O.O.O.c1ccc(-c2cccnc2-c2ccccn2)nc1. The molecule has 0 amide bonds. The van der Waals surface area contributed by atoms with Gasteiger partial charge in [-0.3, -0.25) is 15.0 Å². The van der Waals surface area contributed by atoms with Gasteiger partial charge in [0, 0.05) is 24.2 Å². The van der Waals surface area contributed by atoms with Gasteiger partial charge in [0.05, 0.1) is 17.1 Å². The molecule has 3 aromatic rings. The van der Waals surface area contributed by atoms with Crippen molar-refractivity contribution in [1.82, 2.24) is 15.0 Å². The Kier molecular flexibility index (Phi) is 28.7. The van der Waals surface area contributed by atoms with Crippen LogP contribution in [0.25, 0.3) is 22.6 Å². The summed E-state index contributed by atoms with van der Waals surface area (Å²) < 4.78 is 0. The van der Waals surface area contributed by atoms with Crippen molar-refractivity contribution < 1.29 is 32.9 Å². The molecule has 0 aliphatic heterocycles. The Bertz CT molecular complexity index is 607. The second-order valence-electron chi connectivity index (χ2n) is 3.83. The van der Waals surface area contributed by atoms with Crippen molar-refractivity contribution in [1.29, 1.82) is 0 Å². The highest BCUT2D eigenvalue weighted by Crippen LogP contribution is 2.26. The Balaban J connectivity index is -0.000000125. The van der Waals surface area contributed by atoms with Crippen molar-refractivity contribution >= 4 is 24.8 Å². The molecule has 3 rings (SSSR count). The topological polar surface area (TPSA) is 228 Å². The summed E-state index contributed by atoms with van der Waals surface area (Å²) in [6.07, 6.45) is 5.33. The summed E-state index contributed by atoms with van der Waals surface area (Å²) in [6.45, 7) is 0. The summed E-state index contributed by atoms with van der Waals surface area (Å²) in [5, 5.41) is 0. The Morgan fingerprint density at radius 3 is 1.38 bits per heavy atom. The van der Waals surface area contributed by atoms with E-state index in [4.69, 9.17) is 0 Å². The molecule has 0 atom stereocenters. The van der Waals surface area contributed by atoms with Crippen LogP contribution in [0, 0.1) is 0 Å². The predicted molar refractivity (Wildman–Crippen MR) is 107 cm³/mol. The molecule has 12 N–H and O–H groups in total. The molecule has 0 bridgehead atoms. The van der Waals surface area contributed by atoms with E-state index in [9.17, 15) is 0 Å². The van der Waals surface area contributed by atoms with Crippen LogP contribution in [0.15, 0.2) is 67.1 Å². The van der Waals surface area contributed by atoms with Gasteiger partial charge in [0.1, 0.15) is 0 Å². The van der Waals surface area contributed by atoms with Crippen LogP contribution in [0.5, 0.6) is 0 Å². The third-order valence-electron chi connectivity index (χ3n) is 2.66. The third kappa shape index (κ3) is 8.76. The second-order valence-corrected chi connectivity index (χ2v) is 3.83. The zero-order valence-corrected chi connectivity index (χ0v) is 15.1. The molecular formula is C15H25Cl2N3O6. The van der Waals surface area contributed by atoms with Crippen LogP contribution in [-0.2, 0) is 0 Å². The van der Waals surface area contributed by atoms with E-state index in [1.54, 1.807) is 18.6 Å². The van der Waals surface area contributed by atoms with Gasteiger partial charge in [-0.25, -0.2) is 0 Å². The molecule has 0 unspecified atom stereocenters. The smallest absolute Gasteiger partial charge is 0.0980 e. The zero-order chi connectivity index (χ0) is 12.2. The van der Waals surface area contributed by atoms with Crippen LogP contribution in [0.3, 0.4) is 0 Å². The number of halogens is 2. The molecular weight excluding hydrogens is 389 g/mol. The minimum atomic E-state index is 0. The molecule has 0 aliphatic rings. The summed E-state index contributed by atoms with van der Waals surface area (Å²) in [5.74, 6) is 0. The first-order valence-corrected chi connectivity index (χ1v) is 5.73. The molecule has 150 valence electrons. The maximum atomic E-state index is 4.42. The number of aromatic nitrogens is 3. The lowest BCUT2D eigenvalue weighted by molar-refractivity contribution is 0.823. The van der Waals surface area contributed by atoms with Gasteiger partial charge in [-0.05, 0) is 36.4 Å². The largest absolute Gasteiger partial charge is 0.412 e. The fraction of sp³-hybridized carbons (Fsp3) is 0. The monoisotopic (exact) mass is 413 g/mol. The summed E-state index contributed by atoms with van der Waals surface area (Å²) in [7, 11) is 0. The molecule has 0 radical (unpaired) electrons. The lowest BCUT2D eigenvalue weighted by Crippen LogP contribution is -1.92. The zero-order valence-electron chi connectivity index (χ0n) is 13.5. The number of nitrogens with zero attached hydrogens (tertiary/aromatic N) is 3. The van der Waals surface area contributed by atoms with E-state index >= 15 is 0 Å². The van der Waals surface area contributed by atoms with Crippen molar-refractivity contribution in [3.05, 3.63) is 67.1 Å². The lowest BCUT2D eigenvalue weighted by atomic mass is 10.1. The van der Waals surface area contributed by atoms with Gasteiger partial charge in [0.2, 0.25) is 0 Å². The van der Waals surface area contributed by atoms with E-state index < -0.39 is 0 Å². The van der Waals surface area contributed by atoms with Crippen molar-refractivity contribution in [3.63, 3.8) is 0 Å². The van der Waals surface area contributed by atoms with Crippen LogP contribution < -0.4 is 0 Å². The normalized spacial score (nSPS) is 7.08. The number of hydrogen-bond acceptors (Lipinski definition) is 3. The highest BCUT2D eigenvalue weighted by molar-refractivity contribution is 5.85. The molecule has 0 saturated heterocycles. The standard InChI is InChI=1S/C15H11N3.2ClH.6H2O/c1-3-9-16-13(7-1)12-6-5-11-18-15(12)14-8-2-4-10-17-14;;;;;;;;/h1-11H;2*1H;6*1H2. The molecule has 3 heterocycles. The van der Waals surface area contributed by atoms with Gasteiger partial charge >= 0.3 is 0 Å². The van der Waals surface area contributed by atoms with Crippen LogP contribution in [-0.4, -0.2) is 47.8 Å². The van der Waals surface area contributed by atoms with Gasteiger partial charge in [-0.1, -0.05) is 12.1 Å². The molecule has 26 heavy (non-hydrogen) atoms. The summed E-state index contributed by atoms with van der Waals surface area (Å²) in [4.78, 5) is 13.1. The molecule has 0 aliphatic carbocycles.